The predicted molar refractivity (Wildman–Crippen MR) is 56.4 cm³/mol. The van der Waals surface area contributed by atoms with E-state index >= 15 is 0 Å². The highest BCUT2D eigenvalue weighted by atomic mass is 16.5. The topological polar surface area (TPSA) is 51.2 Å². The molecule has 0 saturated carbocycles. The van der Waals surface area contributed by atoms with Crippen molar-refractivity contribution in [2.24, 2.45) is 0 Å². The van der Waals surface area contributed by atoms with Gasteiger partial charge < -0.3 is 10.1 Å². The van der Waals surface area contributed by atoms with Crippen LogP contribution < -0.4 is 5.32 Å². The molecule has 0 amide bonds. The van der Waals surface area contributed by atoms with Crippen molar-refractivity contribution in [3.63, 3.8) is 0 Å². The molecule has 0 aliphatic carbocycles. The van der Waals surface area contributed by atoms with Gasteiger partial charge in [0.25, 0.3) is 0 Å². The lowest BCUT2D eigenvalue weighted by molar-refractivity contribution is 0.0594. The van der Waals surface area contributed by atoms with E-state index in [9.17, 15) is 4.79 Å². The maximum Gasteiger partial charge on any atom is 0.356 e. The summed E-state index contributed by atoms with van der Waals surface area (Å²) in [6.07, 6.45) is 3.73. The van der Waals surface area contributed by atoms with Crippen molar-refractivity contribution >= 4 is 11.5 Å². The first-order valence-corrected chi connectivity index (χ1v) is 4.76. The molecule has 4 heteroatoms. The summed E-state index contributed by atoms with van der Waals surface area (Å²) in [5.74, 6) is -0.400. The van der Waals surface area contributed by atoms with Gasteiger partial charge in [-0.3, -0.25) is 0 Å². The van der Waals surface area contributed by atoms with Crippen LogP contribution in [0.5, 0.6) is 0 Å². The van der Waals surface area contributed by atoms with Gasteiger partial charge in [-0.15, -0.1) is 0 Å². The van der Waals surface area contributed by atoms with Gasteiger partial charge >= 0.3 is 5.97 Å². The van der Waals surface area contributed by atoms with Crippen molar-refractivity contribution in [3.8, 4) is 0 Å². The Morgan fingerprint density at radius 1 is 1.60 bits per heavy atom. The normalized spacial score (nSPS) is 14.9. The van der Waals surface area contributed by atoms with Crippen molar-refractivity contribution in [1.29, 1.82) is 0 Å². The Morgan fingerprint density at radius 2 is 2.47 bits per heavy atom. The smallest absolute Gasteiger partial charge is 0.356 e. The van der Waals surface area contributed by atoms with Gasteiger partial charge in [0.05, 0.1) is 7.11 Å². The molecule has 4 nitrogen and oxygen atoms in total. The molecule has 78 valence electrons. The second-order valence-corrected chi connectivity index (χ2v) is 3.28. The minimum Gasteiger partial charge on any atom is -0.464 e. The van der Waals surface area contributed by atoms with Crippen LogP contribution in [0, 0.1) is 0 Å². The van der Waals surface area contributed by atoms with Crippen molar-refractivity contribution in [1.82, 2.24) is 10.3 Å². The monoisotopic (exact) mass is 204 g/mol. The van der Waals surface area contributed by atoms with E-state index in [0.29, 0.717) is 5.69 Å². The van der Waals surface area contributed by atoms with Crippen molar-refractivity contribution in [2.75, 3.05) is 20.2 Å². The van der Waals surface area contributed by atoms with E-state index in [1.165, 1.54) is 12.7 Å². The van der Waals surface area contributed by atoms with E-state index < -0.39 is 5.97 Å². The van der Waals surface area contributed by atoms with Crippen molar-refractivity contribution in [2.45, 2.75) is 0 Å². The summed E-state index contributed by atoms with van der Waals surface area (Å²) in [6, 6.07) is 3.65. The van der Waals surface area contributed by atoms with Crippen LogP contribution in [0.1, 0.15) is 16.1 Å². The molecule has 0 aromatic carbocycles. The number of rotatable bonds is 2. The molecule has 0 radical (unpaired) electrons. The maximum atomic E-state index is 11.3. The Balaban J connectivity index is 2.30. The fraction of sp³-hybridized carbons (Fsp3) is 0.273. The molecule has 1 aromatic heterocycles. The molecule has 1 aliphatic rings. The van der Waals surface area contributed by atoms with Crippen LogP contribution in [0.25, 0.3) is 5.57 Å². The Kier molecular flexibility index (Phi) is 2.78. The standard InChI is InChI=1S/C11H12N2O2/c1-15-11(14)10-6-8(3-5-13-10)9-2-4-12-7-9/h2-3,5-6,12H,4,7H2,1H3. The highest BCUT2D eigenvalue weighted by Crippen LogP contribution is 2.16. The quantitative estimate of drug-likeness (QED) is 0.726. The number of methoxy groups -OCH3 is 1. The first-order chi connectivity index (χ1) is 7.31. The van der Waals surface area contributed by atoms with E-state index in [4.69, 9.17) is 0 Å². The van der Waals surface area contributed by atoms with Crippen LogP contribution >= 0.6 is 0 Å². The summed E-state index contributed by atoms with van der Waals surface area (Å²) in [6.45, 7) is 1.72. The molecule has 0 saturated heterocycles. The van der Waals surface area contributed by atoms with E-state index in [-0.39, 0.29) is 0 Å². The Hall–Kier alpha value is -1.68. The number of carbonyl (C=O) groups is 1. The van der Waals surface area contributed by atoms with Gasteiger partial charge in [-0.05, 0) is 23.3 Å². The average Bonchev–Trinajstić information content (AvgIpc) is 2.82. The maximum absolute atomic E-state index is 11.3. The molecule has 1 aromatic rings. The lowest BCUT2D eigenvalue weighted by atomic mass is 10.1. The average molecular weight is 204 g/mol. The Morgan fingerprint density at radius 3 is 3.13 bits per heavy atom. The number of esters is 1. The molecule has 1 N–H and O–H groups in total. The zero-order valence-electron chi connectivity index (χ0n) is 8.49. The minimum absolute atomic E-state index is 0.350. The molecule has 0 spiro atoms. The molecule has 15 heavy (non-hydrogen) atoms. The lowest BCUT2D eigenvalue weighted by Gasteiger charge is -2.03. The zero-order valence-corrected chi connectivity index (χ0v) is 8.49. The summed E-state index contributed by atoms with van der Waals surface area (Å²) >= 11 is 0. The SMILES string of the molecule is COC(=O)c1cc(C2=CCNC2)ccn1. The molecule has 0 fully saturated rings. The molecule has 1 aliphatic heterocycles. The minimum atomic E-state index is -0.400. The fourth-order valence-electron chi connectivity index (χ4n) is 1.54. The number of aromatic nitrogens is 1. The van der Waals surface area contributed by atoms with Gasteiger partial charge in [-0.1, -0.05) is 6.08 Å². The fourth-order valence-corrected chi connectivity index (χ4v) is 1.54. The second kappa shape index (κ2) is 4.23. The summed E-state index contributed by atoms with van der Waals surface area (Å²) in [7, 11) is 1.35. The number of ether oxygens (including phenoxy) is 1. The van der Waals surface area contributed by atoms with Crippen LogP contribution in [0.4, 0.5) is 0 Å². The Labute approximate surface area is 88.0 Å². The number of hydrogen-bond acceptors (Lipinski definition) is 4. The molecule has 0 atom stereocenters. The number of pyridine rings is 1. The third-order valence-corrected chi connectivity index (χ3v) is 2.33. The van der Waals surface area contributed by atoms with E-state index in [0.717, 1.165) is 18.7 Å². The molecule has 2 rings (SSSR count). The summed E-state index contributed by atoms with van der Waals surface area (Å²) in [5, 5.41) is 3.20. The molecule has 2 heterocycles. The van der Waals surface area contributed by atoms with Crippen LogP contribution in [-0.2, 0) is 4.74 Å². The van der Waals surface area contributed by atoms with Crippen LogP contribution in [0.15, 0.2) is 24.4 Å². The van der Waals surface area contributed by atoms with Gasteiger partial charge in [0.1, 0.15) is 5.69 Å². The Bertz CT molecular complexity index is 413. The number of nitrogens with one attached hydrogen (secondary N) is 1. The van der Waals surface area contributed by atoms with Gasteiger partial charge in [0.15, 0.2) is 0 Å². The highest BCUT2D eigenvalue weighted by molar-refractivity contribution is 5.88. The zero-order chi connectivity index (χ0) is 10.7. The number of nitrogens with zero attached hydrogens (tertiary/aromatic N) is 1. The molecular weight excluding hydrogens is 192 g/mol. The summed E-state index contributed by atoms with van der Waals surface area (Å²) in [4.78, 5) is 15.2. The molecule has 0 unspecified atom stereocenters. The van der Waals surface area contributed by atoms with Gasteiger partial charge in [-0.25, -0.2) is 9.78 Å². The third kappa shape index (κ3) is 2.05. The molecular formula is C11H12N2O2. The second-order valence-electron chi connectivity index (χ2n) is 3.28. The first kappa shape index (κ1) is 9.86. The van der Waals surface area contributed by atoms with Crippen LogP contribution in [-0.4, -0.2) is 31.2 Å². The summed E-state index contributed by atoms with van der Waals surface area (Å²) in [5.41, 5.74) is 2.57. The number of carbonyl (C=O) groups excluding carboxylic acids is 1. The van der Waals surface area contributed by atoms with Crippen LogP contribution in [0.3, 0.4) is 0 Å². The van der Waals surface area contributed by atoms with Crippen molar-refractivity contribution < 1.29 is 9.53 Å². The first-order valence-electron chi connectivity index (χ1n) is 4.76. The van der Waals surface area contributed by atoms with E-state index in [1.54, 1.807) is 12.3 Å². The molecule has 0 bridgehead atoms. The third-order valence-electron chi connectivity index (χ3n) is 2.33. The number of hydrogen-bond donors (Lipinski definition) is 1. The highest BCUT2D eigenvalue weighted by Gasteiger charge is 2.11. The lowest BCUT2D eigenvalue weighted by Crippen LogP contribution is -2.08. The van der Waals surface area contributed by atoms with E-state index in [2.05, 4.69) is 21.1 Å². The van der Waals surface area contributed by atoms with Gasteiger partial charge in [-0.2, -0.15) is 0 Å². The van der Waals surface area contributed by atoms with Gasteiger partial charge in [0, 0.05) is 19.3 Å². The van der Waals surface area contributed by atoms with Crippen molar-refractivity contribution in [3.05, 3.63) is 35.7 Å². The predicted octanol–water partition coefficient (Wildman–Crippen LogP) is 0.855. The largest absolute Gasteiger partial charge is 0.464 e. The summed E-state index contributed by atoms with van der Waals surface area (Å²) < 4.78 is 4.62. The van der Waals surface area contributed by atoms with E-state index in [1.807, 2.05) is 6.07 Å². The van der Waals surface area contributed by atoms with Gasteiger partial charge in [0.2, 0.25) is 0 Å². The van der Waals surface area contributed by atoms with Crippen LogP contribution in [0.2, 0.25) is 0 Å².